The van der Waals surface area contributed by atoms with Crippen LogP contribution in [0.3, 0.4) is 0 Å². The zero-order valence-electron chi connectivity index (χ0n) is 11.5. The number of halogens is 1. The number of carboxylic acid groups (broad SMARTS) is 1. The van der Waals surface area contributed by atoms with Crippen LogP contribution >= 0.6 is 22.6 Å². The number of carboxylic acids is 1. The van der Waals surface area contributed by atoms with Crippen molar-refractivity contribution < 1.29 is 19.4 Å². The molecule has 0 aliphatic rings. The molecule has 0 aliphatic carbocycles. The van der Waals surface area contributed by atoms with Crippen molar-refractivity contribution in [2.75, 3.05) is 6.54 Å². The molecule has 0 saturated carbocycles. The van der Waals surface area contributed by atoms with Gasteiger partial charge in [-0.25, -0.2) is 4.79 Å². The molecule has 6 nitrogen and oxygen atoms in total. The van der Waals surface area contributed by atoms with Gasteiger partial charge in [0.05, 0.1) is 0 Å². The lowest BCUT2D eigenvalue weighted by Crippen LogP contribution is -2.30. The average molecular weight is 406 g/mol. The van der Waals surface area contributed by atoms with Crippen molar-refractivity contribution in [3.8, 4) is 0 Å². The van der Waals surface area contributed by atoms with Crippen molar-refractivity contribution in [1.29, 1.82) is 0 Å². The molecular weight excluding hydrogens is 387 g/mol. The number of benzene rings is 1. The highest BCUT2D eigenvalue weighted by molar-refractivity contribution is 14.1. The number of nitrogens with two attached hydrogens (primary N) is 1. The van der Waals surface area contributed by atoms with Crippen LogP contribution in [0.2, 0.25) is 0 Å². The Bertz CT molecular complexity index is 465. The SMILES string of the molecule is NC(CCCCNC(=O)OCc1ccc(I)cc1)C(=O)O. The van der Waals surface area contributed by atoms with Crippen LogP contribution in [0.1, 0.15) is 24.8 Å². The summed E-state index contributed by atoms with van der Waals surface area (Å²) in [5.74, 6) is -1.00. The maximum atomic E-state index is 11.4. The van der Waals surface area contributed by atoms with Crippen molar-refractivity contribution in [2.45, 2.75) is 31.9 Å². The Morgan fingerprint density at radius 3 is 2.57 bits per heavy atom. The number of rotatable bonds is 8. The van der Waals surface area contributed by atoms with Gasteiger partial charge in [0.15, 0.2) is 0 Å². The molecule has 1 rings (SSSR count). The summed E-state index contributed by atoms with van der Waals surface area (Å²) in [6, 6.07) is 6.87. The monoisotopic (exact) mass is 406 g/mol. The highest BCUT2D eigenvalue weighted by Crippen LogP contribution is 2.07. The minimum absolute atomic E-state index is 0.229. The Morgan fingerprint density at radius 1 is 1.29 bits per heavy atom. The van der Waals surface area contributed by atoms with E-state index in [0.717, 1.165) is 9.13 Å². The number of aliphatic carboxylic acids is 1. The molecule has 1 aromatic carbocycles. The van der Waals surface area contributed by atoms with Crippen LogP contribution in [0.5, 0.6) is 0 Å². The first kappa shape index (κ1) is 17.7. The second kappa shape index (κ2) is 9.56. The van der Waals surface area contributed by atoms with E-state index in [4.69, 9.17) is 15.6 Å². The number of ether oxygens (including phenoxy) is 1. The molecule has 0 heterocycles. The maximum Gasteiger partial charge on any atom is 0.407 e. The highest BCUT2D eigenvalue weighted by atomic mass is 127. The van der Waals surface area contributed by atoms with E-state index < -0.39 is 18.1 Å². The fourth-order valence-electron chi connectivity index (χ4n) is 1.58. The normalized spacial score (nSPS) is 11.7. The number of hydrogen-bond acceptors (Lipinski definition) is 4. The first-order chi connectivity index (χ1) is 9.99. The molecule has 0 aliphatic heterocycles. The molecule has 0 spiro atoms. The van der Waals surface area contributed by atoms with E-state index in [2.05, 4.69) is 27.9 Å². The van der Waals surface area contributed by atoms with Gasteiger partial charge in [0, 0.05) is 10.1 Å². The molecule has 0 radical (unpaired) electrons. The van der Waals surface area contributed by atoms with Crippen molar-refractivity contribution in [2.24, 2.45) is 5.73 Å². The van der Waals surface area contributed by atoms with Gasteiger partial charge >= 0.3 is 12.1 Å². The molecule has 1 atom stereocenters. The van der Waals surface area contributed by atoms with Gasteiger partial charge in [-0.1, -0.05) is 12.1 Å². The third kappa shape index (κ3) is 7.86. The molecule has 0 fully saturated rings. The molecule has 116 valence electrons. The average Bonchev–Trinajstić information content (AvgIpc) is 2.46. The van der Waals surface area contributed by atoms with E-state index >= 15 is 0 Å². The fraction of sp³-hybridized carbons (Fsp3) is 0.429. The summed E-state index contributed by atoms with van der Waals surface area (Å²) in [5.41, 5.74) is 6.30. The molecule has 4 N–H and O–H groups in total. The van der Waals surface area contributed by atoms with Gasteiger partial charge in [0.1, 0.15) is 12.6 Å². The van der Waals surface area contributed by atoms with Gasteiger partial charge in [-0.2, -0.15) is 0 Å². The first-order valence-corrected chi connectivity index (χ1v) is 7.70. The van der Waals surface area contributed by atoms with E-state index in [1.807, 2.05) is 24.3 Å². The smallest absolute Gasteiger partial charge is 0.407 e. The van der Waals surface area contributed by atoms with Gasteiger partial charge in [-0.3, -0.25) is 4.79 Å². The summed E-state index contributed by atoms with van der Waals surface area (Å²) >= 11 is 2.21. The minimum Gasteiger partial charge on any atom is -0.480 e. The number of amides is 1. The maximum absolute atomic E-state index is 11.4. The van der Waals surface area contributed by atoms with Crippen LogP contribution in [-0.4, -0.2) is 29.8 Å². The number of unbranched alkanes of at least 4 members (excludes halogenated alkanes) is 1. The summed E-state index contributed by atoms with van der Waals surface area (Å²) in [6.45, 7) is 0.671. The van der Waals surface area contributed by atoms with Crippen LogP contribution < -0.4 is 11.1 Å². The van der Waals surface area contributed by atoms with Crippen LogP contribution in [0.15, 0.2) is 24.3 Å². The topological polar surface area (TPSA) is 102 Å². The Morgan fingerprint density at radius 2 is 1.95 bits per heavy atom. The standard InChI is InChI=1S/C14H19IN2O4/c15-11-6-4-10(5-7-11)9-21-14(20)17-8-2-1-3-12(16)13(18)19/h4-7,12H,1-3,8-9,16H2,(H,17,20)(H,18,19). The molecular formula is C14H19IN2O4. The fourth-order valence-corrected chi connectivity index (χ4v) is 1.94. The highest BCUT2D eigenvalue weighted by Gasteiger charge is 2.10. The van der Waals surface area contributed by atoms with E-state index in [0.29, 0.717) is 25.8 Å². The van der Waals surface area contributed by atoms with E-state index in [1.54, 1.807) is 0 Å². The van der Waals surface area contributed by atoms with Crippen molar-refractivity contribution in [3.05, 3.63) is 33.4 Å². The Kier molecular flexibility index (Phi) is 8.06. The van der Waals surface area contributed by atoms with Gasteiger partial charge in [-0.05, 0) is 59.5 Å². The summed E-state index contributed by atoms with van der Waals surface area (Å²) in [6.07, 6.45) is 1.23. The van der Waals surface area contributed by atoms with E-state index in [9.17, 15) is 9.59 Å². The lowest BCUT2D eigenvalue weighted by Gasteiger charge is -2.08. The lowest BCUT2D eigenvalue weighted by atomic mass is 10.1. The van der Waals surface area contributed by atoms with E-state index in [1.165, 1.54) is 0 Å². The van der Waals surface area contributed by atoms with Gasteiger partial charge in [0.25, 0.3) is 0 Å². The number of carbonyl (C=O) groups excluding carboxylic acids is 1. The van der Waals surface area contributed by atoms with Gasteiger partial charge < -0.3 is 20.9 Å². The summed E-state index contributed by atoms with van der Waals surface area (Å²) in [5, 5.41) is 11.2. The zero-order chi connectivity index (χ0) is 15.7. The molecule has 1 aromatic rings. The van der Waals surface area contributed by atoms with Gasteiger partial charge in [0.2, 0.25) is 0 Å². The molecule has 7 heteroatoms. The number of carbonyl (C=O) groups is 2. The van der Waals surface area contributed by atoms with Crippen LogP contribution in [0.25, 0.3) is 0 Å². The molecule has 0 bridgehead atoms. The second-order valence-corrected chi connectivity index (χ2v) is 5.82. The predicted molar refractivity (Wildman–Crippen MR) is 86.8 cm³/mol. The molecule has 1 unspecified atom stereocenters. The number of nitrogens with one attached hydrogen (secondary N) is 1. The Labute approximate surface area is 137 Å². The number of alkyl carbamates (subject to hydrolysis) is 1. The molecule has 21 heavy (non-hydrogen) atoms. The van der Waals surface area contributed by atoms with Crippen LogP contribution in [-0.2, 0) is 16.1 Å². The first-order valence-electron chi connectivity index (χ1n) is 6.62. The zero-order valence-corrected chi connectivity index (χ0v) is 13.7. The number of hydrogen-bond donors (Lipinski definition) is 3. The quantitative estimate of drug-likeness (QED) is 0.454. The minimum atomic E-state index is -1.00. The van der Waals surface area contributed by atoms with Gasteiger partial charge in [-0.15, -0.1) is 0 Å². The summed E-state index contributed by atoms with van der Waals surface area (Å²) in [4.78, 5) is 21.9. The lowest BCUT2D eigenvalue weighted by molar-refractivity contribution is -0.138. The molecule has 0 aromatic heterocycles. The van der Waals surface area contributed by atoms with Crippen molar-refractivity contribution in [1.82, 2.24) is 5.32 Å². The predicted octanol–water partition coefficient (Wildman–Crippen LogP) is 2.10. The Balaban J connectivity index is 2.09. The Hall–Kier alpha value is -1.35. The van der Waals surface area contributed by atoms with Crippen LogP contribution in [0.4, 0.5) is 4.79 Å². The van der Waals surface area contributed by atoms with E-state index in [-0.39, 0.29) is 6.61 Å². The van der Waals surface area contributed by atoms with Crippen LogP contribution in [0, 0.1) is 3.57 Å². The molecule has 1 amide bonds. The van der Waals surface area contributed by atoms with Crippen molar-refractivity contribution in [3.63, 3.8) is 0 Å². The molecule has 0 saturated heterocycles. The summed E-state index contributed by atoms with van der Waals surface area (Å²) in [7, 11) is 0. The largest absolute Gasteiger partial charge is 0.480 e. The summed E-state index contributed by atoms with van der Waals surface area (Å²) < 4.78 is 6.19. The third-order valence-corrected chi connectivity index (χ3v) is 3.53. The third-order valence-electron chi connectivity index (χ3n) is 2.81. The van der Waals surface area contributed by atoms with Crippen molar-refractivity contribution >= 4 is 34.7 Å². The second-order valence-electron chi connectivity index (χ2n) is 4.57.